The lowest BCUT2D eigenvalue weighted by Crippen LogP contribution is -2.15. The molecular weight excluding hydrogens is 434 g/mol. The molecule has 2 aromatic carbocycles. The molecule has 0 atom stereocenters. The van der Waals surface area contributed by atoms with Crippen molar-refractivity contribution in [3.8, 4) is 0 Å². The fraction of sp³-hybridized carbons (Fsp3) is 0.105. The van der Waals surface area contributed by atoms with Crippen molar-refractivity contribution in [1.82, 2.24) is 9.97 Å². The smallest absolute Gasteiger partial charge is 0.275 e. The third kappa shape index (κ3) is 5.06. The van der Waals surface area contributed by atoms with Crippen LogP contribution in [0.2, 0.25) is 5.02 Å². The number of hydrogen-bond acceptors (Lipinski definition) is 4. The normalized spacial score (nSPS) is 10.6. The van der Waals surface area contributed by atoms with Crippen LogP contribution in [0, 0.1) is 6.92 Å². The molecule has 0 spiro atoms. The van der Waals surface area contributed by atoms with Crippen LogP contribution in [0.5, 0.6) is 0 Å². The van der Waals surface area contributed by atoms with Crippen LogP contribution < -0.4 is 5.32 Å². The number of aromatic nitrogens is 2. The Morgan fingerprint density at radius 2 is 1.85 bits per heavy atom. The van der Waals surface area contributed by atoms with Crippen molar-refractivity contribution in [3.05, 3.63) is 81.0 Å². The lowest BCUT2D eigenvalue weighted by atomic mass is 10.2. The number of carbonyl (C=O) groups excluding carboxylic acids is 1. The molecule has 1 amide bonds. The first kappa shape index (κ1) is 18.9. The Bertz CT molecular complexity index is 917. The lowest BCUT2D eigenvalue weighted by Gasteiger charge is -2.08. The zero-order valence-corrected chi connectivity index (χ0v) is 17.0. The van der Waals surface area contributed by atoms with Gasteiger partial charge in [-0.2, -0.15) is 0 Å². The number of rotatable bonds is 5. The number of thioether (sulfide) groups is 1. The Balaban J connectivity index is 1.71. The first-order chi connectivity index (χ1) is 12.5. The standard InChI is InChI=1S/C19H15BrClN3OS/c1-12-2-8-15(9-3-12)23-18(25)17-16(20)10-22-19(24-17)26-11-13-4-6-14(21)7-5-13/h2-10H,11H2,1H3,(H,23,25). The van der Waals surface area contributed by atoms with E-state index in [2.05, 4.69) is 31.2 Å². The van der Waals surface area contributed by atoms with Gasteiger partial charge in [-0.05, 0) is 52.7 Å². The molecule has 0 unspecified atom stereocenters. The number of nitrogens with one attached hydrogen (secondary N) is 1. The summed E-state index contributed by atoms with van der Waals surface area (Å²) in [6.07, 6.45) is 1.60. The van der Waals surface area contributed by atoms with Gasteiger partial charge < -0.3 is 5.32 Å². The maximum Gasteiger partial charge on any atom is 0.275 e. The van der Waals surface area contributed by atoms with Crippen molar-refractivity contribution in [2.75, 3.05) is 5.32 Å². The minimum absolute atomic E-state index is 0.281. The highest BCUT2D eigenvalue weighted by Gasteiger charge is 2.14. The van der Waals surface area contributed by atoms with Crippen molar-refractivity contribution in [1.29, 1.82) is 0 Å². The highest BCUT2D eigenvalue weighted by Crippen LogP contribution is 2.23. The average Bonchev–Trinajstić information content (AvgIpc) is 2.64. The van der Waals surface area contributed by atoms with E-state index >= 15 is 0 Å². The molecule has 1 N–H and O–H groups in total. The molecule has 26 heavy (non-hydrogen) atoms. The summed E-state index contributed by atoms with van der Waals surface area (Å²) in [5.41, 5.74) is 3.27. The molecule has 0 aliphatic heterocycles. The first-order valence-electron chi connectivity index (χ1n) is 7.79. The van der Waals surface area contributed by atoms with E-state index in [1.165, 1.54) is 11.8 Å². The van der Waals surface area contributed by atoms with Gasteiger partial charge in [-0.1, -0.05) is 53.2 Å². The summed E-state index contributed by atoms with van der Waals surface area (Å²) >= 11 is 10.7. The number of halogens is 2. The van der Waals surface area contributed by atoms with Gasteiger partial charge in [0, 0.05) is 22.7 Å². The van der Waals surface area contributed by atoms with Crippen LogP contribution >= 0.6 is 39.3 Å². The largest absolute Gasteiger partial charge is 0.321 e. The van der Waals surface area contributed by atoms with Crippen molar-refractivity contribution in [2.24, 2.45) is 0 Å². The van der Waals surface area contributed by atoms with E-state index < -0.39 is 0 Å². The lowest BCUT2D eigenvalue weighted by molar-refractivity contribution is 0.102. The van der Waals surface area contributed by atoms with Gasteiger partial charge in [0.1, 0.15) is 5.69 Å². The Hall–Kier alpha value is -1.89. The monoisotopic (exact) mass is 447 g/mol. The van der Waals surface area contributed by atoms with Gasteiger partial charge in [0.15, 0.2) is 5.16 Å². The summed E-state index contributed by atoms with van der Waals surface area (Å²) in [6.45, 7) is 2.00. The second kappa shape index (κ2) is 8.66. The van der Waals surface area contributed by atoms with Crippen LogP contribution in [-0.2, 0) is 5.75 Å². The van der Waals surface area contributed by atoms with Crippen LogP contribution in [0.4, 0.5) is 5.69 Å². The molecule has 3 aromatic rings. The fourth-order valence-corrected chi connectivity index (χ4v) is 3.40. The number of benzene rings is 2. The molecule has 7 heteroatoms. The molecular formula is C19H15BrClN3OS. The van der Waals surface area contributed by atoms with E-state index in [0.29, 0.717) is 26.1 Å². The van der Waals surface area contributed by atoms with E-state index in [0.717, 1.165) is 16.8 Å². The predicted molar refractivity (Wildman–Crippen MR) is 110 cm³/mol. The molecule has 1 heterocycles. The molecule has 132 valence electrons. The number of hydrogen-bond donors (Lipinski definition) is 1. The molecule has 0 fully saturated rings. The molecule has 0 aliphatic carbocycles. The van der Waals surface area contributed by atoms with Gasteiger partial charge in [-0.3, -0.25) is 4.79 Å². The number of carbonyl (C=O) groups is 1. The van der Waals surface area contributed by atoms with Crippen LogP contribution in [0.3, 0.4) is 0 Å². The van der Waals surface area contributed by atoms with Crippen molar-refractivity contribution in [3.63, 3.8) is 0 Å². The minimum Gasteiger partial charge on any atom is -0.321 e. The summed E-state index contributed by atoms with van der Waals surface area (Å²) < 4.78 is 0.554. The third-order valence-electron chi connectivity index (χ3n) is 3.53. The van der Waals surface area contributed by atoms with Gasteiger partial charge in [-0.15, -0.1) is 0 Å². The van der Waals surface area contributed by atoms with E-state index in [4.69, 9.17) is 11.6 Å². The van der Waals surface area contributed by atoms with Crippen LogP contribution in [0.25, 0.3) is 0 Å². The Labute approximate surface area is 169 Å². The van der Waals surface area contributed by atoms with Gasteiger partial charge in [0.25, 0.3) is 5.91 Å². The van der Waals surface area contributed by atoms with E-state index in [1.54, 1.807) is 6.20 Å². The van der Waals surface area contributed by atoms with Gasteiger partial charge in [-0.25, -0.2) is 9.97 Å². The van der Waals surface area contributed by atoms with Crippen LogP contribution in [0.15, 0.2) is 64.4 Å². The molecule has 1 aromatic heterocycles. The van der Waals surface area contributed by atoms with Crippen molar-refractivity contribution >= 4 is 50.9 Å². The highest BCUT2D eigenvalue weighted by atomic mass is 79.9. The molecule has 4 nitrogen and oxygen atoms in total. The Morgan fingerprint density at radius 3 is 2.54 bits per heavy atom. The second-order valence-corrected chi connectivity index (χ2v) is 7.82. The maximum atomic E-state index is 12.5. The first-order valence-corrected chi connectivity index (χ1v) is 9.95. The van der Waals surface area contributed by atoms with Gasteiger partial charge in [0.2, 0.25) is 0 Å². The average molecular weight is 449 g/mol. The summed E-state index contributed by atoms with van der Waals surface area (Å²) in [7, 11) is 0. The molecule has 0 bridgehead atoms. The van der Waals surface area contributed by atoms with E-state index in [1.807, 2.05) is 55.5 Å². The van der Waals surface area contributed by atoms with E-state index in [-0.39, 0.29) is 5.91 Å². The van der Waals surface area contributed by atoms with Crippen LogP contribution in [0.1, 0.15) is 21.6 Å². The summed E-state index contributed by atoms with van der Waals surface area (Å²) in [6, 6.07) is 15.2. The quantitative estimate of drug-likeness (QED) is 0.399. The predicted octanol–water partition coefficient (Wildman–Crippen LogP) is 5.75. The fourth-order valence-electron chi connectivity index (χ4n) is 2.14. The Morgan fingerprint density at radius 1 is 1.15 bits per heavy atom. The molecule has 0 aliphatic rings. The zero-order valence-electron chi connectivity index (χ0n) is 13.9. The minimum atomic E-state index is -0.281. The Kier molecular flexibility index (Phi) is 6.29. The zero-order chi connectivity index (χ0) is 18.5. The third-order valence-corrected chi connectivity index (χ3v) is 5.29. The number of amides is 1. The second-order valence-electron chi connectivity index (χ2n) is 5.58. The number of anilines is 1. The van der Waals surface area contributed by atoms with Gasteiger partial charge >= 0.3 is 0 Å². The molecule has 3 rings (SSSR count). The number of nitrogens with zero attached hydrogens (tertiary/aromatic N) is 2. The van der Waals surface area contributed by atoms with E-state index in [9.17, 15) is 4.79 Å². The maximum absolute atomic E-state index is 12.5. The highest BCUT2D eigenvalue weighted by molar-refractivity contribution is 9.10. The topological polar surface area (TPSA) is 54.9 Å². The summed E-state index contributed by atoms with van der Waals surface area (Å²) in [5, 5.41) is 4.09. The summed E-state index contributed by atoms with van der Waals surface area (Å²) in [5.74, 6) is 0.411. The van der Waals surface area contributed by atoms with Crippen LogP contribution in [-0.4, -0.2) is 15.9 Å². The SMILES string of the molecule is Cc1ccc(NC(=O)c2nc(SCc3ccc(Cl)cc3)ncc2Br)cc1. The molecule has 0 radical (unpaired) electrons. The number of aryl methyl sites for hydroxylation is 1. The van der Waals surface area contributed by atoms with Gasteiger partial charge in [0.05, 0.1) is 4.47 Å². The molecule has 0 saturated carbocycles. The summed E-state index contributed by atoms with van der Waals surface area (Å²) in [4.78, 5) is 21.2. The van der Waals surface area contributed by atoms with Crippen molar-refractivity contribution in [2.45, 2.75) is 17.8 Å². The van der Waals surface area contributed by atoms with Crippen molar-refractivity contribution < 1.29 is 4.79 Å². The molecule has 0 saturated heterocycles.